The Morgan fingerprint density at radius 2 is 1.81 bits per heavy atom. The third-order valence-electron chi connectivity index (χ3n) is 4.94. The Morgan fingerprint density at radius 3 is 2.55 bits per heavy atom. The summed E-state index contributed by atoms with van der Waals surface area (Å²) < 4.78 is 2.10. The molecule has 31 heavy (non-hydrogen) atoms. The Morgan fingerprint density at radius 1 is 1.06 bits per heavy atom. The molecule has 2 aromatic heterocycles. The van der Waals surface area contributed by atoms with E-state index < -0.39 is 0 Å². The molecule has 1 N–H and O–H groups in total. The number of thiazole rings is 1. The predicted molar refractivity (Wildman–Crippen MR) is 123 cm³/mol. The number of carbonyl (C=O) groups excluding carboxylic acids is 1. The maximum Gasteiger partial charge on any atom is 0.270 e. The number of rotatable bonds is 8. The normalized spacial score (nSPS) is 13.3. The van der Waals surface area contributed by atoms with Crippen LogP contribution in [0.1, 0.15) is 39.7 Å². The first-order chi connectivity index (χ1) is 15.3. The topological polar surface area (TPSA) is 72.7 Å². The molecule has 0 bridgehead atoms. The Kier molecular flexibility index (Phi) is 5.82. The zero-order valence-electron chi connectivity index (χ0n) is 16.8. The molecule has 4 aromatic rings. The molecule has 156 valence electrons. The summed E-state index contributed by atoms with van der Waals surface area (Å²) in [5.41, 5.74) is 2.72. The van der Waals surface area contributed by atoms with E-state index in [1.54, 1.807) is 11.8 Å². The summed E-state index contributed by atoms with van der Waals surface area (Å²) in [5.74, 6) is 1.45. The van der Waals surface area contributed by atoms with Gasteiger partial charge in [-0.2, -0.15) is 0 Å². The molecule has 2 aromatic carbocycles. The highest BCUT2D eigenvalue weighted by Crippen LogP contribution is 2.27. The van der Waals surface area contributed by atoms with Gasteiger partial charge in [0.25, 0.3) is 5.91 Å². The Balaban J connectivity index is 1.35. The lowest BCUT2D eigenvalue weighted by Crippen LogP contribution is -2.25. The molecule has 1 saturated carbocycles. The summed E-state index contributed by atoms with van der Waals surface area (Å²) in [7, 11) is 0. The van der Waals surface area contributed by atoms with Crippen LogP contribution in [0.4, 0.5) is 0 Å². The molecule has 0 spiro atoms. The molecule has 0 atom stereocenters. The summed E-state index contributed by atoms with van der Waals surface area (Å²) in [6.07, 6.45) is 2.84. The molecule has 0 radical (unpaired) electrons. The van der Waals surface area contributed by atoms with Gasteiger partial charge in [-0.3, -0.25) is 9.36 Å². The average Bonchev–Trinajstić information content (AvgIpc) is 3.33. The number of para-hydroxylation sites is 1. The quantitative estimate of drug-likeness (QED) is 0.403. The van der Waals surface area contributed by atoms with Crippen LogP contribution in [0.3, 0.4) is 0 Å². The lowest BCUT2D eigenvalue weighted by molar-refractivity contribution is 0.0946. The lowest BCUT2D eigenvalue weighted by atomic mass is 10.1. The van der Waals surface area contributed by atoms with E-state index in [1.807, 2.05) is 41.8 Å². The standard InChI is InChI=1S/C23H21N5OS2/c29-22(24-17-11-12-17)19-14-30-21(25-19)15-31-23-27-26-20(13-16-7-3-1-4-8-16)28(23)18-9-5-2-6-10-18/h1-10,14,17H,11-13,15H2,(H,24,29). The number of nitrogens with one attached hydrogen (secondary N) is 1. The van der Waals surface area contributed by atoms with Gasteiger partial charge in [0.15, 0.2) is 5.16 Å². The van der Waals surface area contributed by atoms with Crippen molar-refractivity contribution in [2.24, 2.45) is 0 Å². The highest BCUT2D eigenvalue weighted by atomic mass is 32.2. The molecule has 5 rings (SSSR count). The third kappa shape index (κ3) is 4.86. The van der Waals surface area contributed by atoms with Crippen LogP contribution < -0.4 is 5.32 Å². The van der Waals surface area contributed by atoms with E-state index in [4.69, 9.17) is 0 Å². The maximum atomic E-state index is 12.2. The number of nitrogens with zero attached hydrogens (tertiary/aromatic N) is 4. The van der Waals surface area contributed by atoms with Crippen molar-refractivity contribution in [1.82, 2.24) is 25.1 Å². The fraction of sp³-hybridized carbons (Fsp3) is 0.217. The second kappa shape index (κ2) is 9.03. The minimum Gasteiger partial charge on any atom is -0.348 e. The van der Waals surface area contributed by atoms with E-state index in [-0.39, 0.29) is 5.91 Å². The highest BCUT2D eigenvalue weighted by molar-refractivity contribution is 7.98. The summed E-state index contributed by atoms with van der Waals surface area (Å²) in [6.45, 7) is 0. The molecular formula is C23H21N5OS2. The van der Waals surface area contributed by atoms with Crippen molar-refractivity contribution in [3.63, 3.8) is 0 Å². The average molecular weight is 448 g/mol. The van der Waals surface area contributed by atoms with E-state index in [2.05, 4.69) is 49.3 Å². The zero-order valence-corrected chi connectivity index (χ0v) is 18.4. The molecule has 2 heterocycles. The van der Waals surface area contributed by atoms with Crippen LogP contribution >= 0.6 is 23.1 Å². The Hall–Kier alpha value is -2.97. The van der Waals surface area contributed by atoms with Crippen molar-refractivity contribution >= 4 is 29.0 Å². The second-order valence-corrected chi connectivity index (χ2v) is 9.28. The molecule has 0 saturated heterocycles. The van der Waals surface area contributed by atoms with E-state index in [0.717, 1.165) is 34.5 Å². The van der Waals surface area contributed by atoms with Crippen LogP contribution in [0, 0.1) is 0 Å². The fourth-order valence-corrected chi connectivity index (χ4v) is 4.98. The number of benzene rings is 2. The van der Waals surface area contributed by atoms with Crippen molar-refractivity contribution in [1.29, 1.82) is 0 Å². The van der Waals surface area contributed by atoms with Gasteiger partial charge in [-0.15, -0.1) is 21.5 Å². The van der Waals surface area contributed by atoms with Gasteiger partial charge in [0.05, 0.1) is 5.75 Å². The third-order valence-corrected chi connectivity index (χ3v) is 6.91. The summed E-state index contributed by atoms with van der Waals surface area (Å²) in [6, 6.07) is 20.8. The van der Waals surface area contributed by atoms with Gasteiger partial charge in [0.1, 0.15) is 16.5 Å². The molecule has 1 aliphatic rings. The Labute approximate surface area is 188 Å². The van der Waals surface area contributed by atoms with Crippen molar-refractivity contribution in [2.75, 3.05) is 0 Å². The van der Waals surface area contributed by atoms with Gasteiger partial charge in [-0.1, -0.05) is 60.3 Å². The van der Waals surface area contributed by atoms with Gasteiger partial charge >= 0.3 is 0 Å². The van der Waals surface area contributed by atoms with E-state index >= 15 is 0 Å². The van der Waals surface area contributed by atoms with Crippen LogP contribution in [-0.4, -0.2) is 31.7 Å². The van der Waals surface area contributed by atoms with Gasteiger partial charge in [0.2, 0.25) is 0 Å². The van der Waals surface area contributed by atoms with Gasteiger partial charge < -0.3 is 5.32 Å². The maximum absolute atomic E-state index is 12.2. The number of thioether (sulfide) groups is 1. The smallest absolute Gasteiger partial charge is 0.270 e. The minimum atomic E-state index is -0.0763. The largest absolute Gasteiger partial charge is 0.348 e. The first kappa shape index (κ1) is 20.0. The molecule has 6 nitrogen and oxygen atoms in total. The zero-order chi connectivity index (χ0) is 21.0. The molecule has 1 aliphatic carbocycles. The first-order valence-electron chi connectivity index (χ1n) is 10.2. The Bertz CT molecular complexity index is 1170. The van der Waals surface area contributed by atoms with Gasteiger partial charge in [-0.25, -0.2) is 4.98 Å². The molecular weight excluding hydrogens is 426 g/mol. The van der Waals surface area contributed by atoms with E-state index in [0.29, 0.717) is 23.9 Å². The van der Waals surface area contributed by atoms with Crippen LogP contribution in [0.15, 0.2) is 71.2 Å². The molecule has 0 aliphatic heterocycles. The molecule has 1 fully saturated rings. The summed E-state index contributed by atoms with van der Waals surface area (Å²) >= 11 is 3.09. The van der Waals surface area contributed by atoms with Crippen LogP contribution in [-0.2, 0) is 12.2 Å². The predicted octanol–water partition coefficient (Wildman–Crippen LogP) is 4.50. The molecule has 1 amide bonds. The van der Waals surface area contributed by atoms with E-state index in [1.165, 1.54) is 16.9 Å². The molecule has 8 heteroatoms. The van der Waals surface area contributed by atoms with Crippen molar-refractivity contribution in [3.05, 3.63) is 88.1 Å². The highest BCUT2D eigenvalue weighted by Gasteiger charge is 2.25. The number of aromatic nitrogens is 4. The first-order valence-corrected chi connectivity index (χ1v) is 12.0. The van der Waals surface area contributed by atoms with Crippen LogP contribution in [0.25, 0.3) is 5.69 Å². The van der Waals surface area contributed by atoms with Crippen molar-refractivity contribution < 1.29 is 4.79 Å². The fourth-order valence-electron chi connectivity index (χ4n) is 3.22. The van der Waals surface area contributed by atoms with Gasteiger partial charge in [0, 0.05) is 23.5 Å². The number of hydrogen-bond donors (Lipinski definition) is 1. The monoisotopic (exact) mass is 447 g/mol. The second-order valence-electron chi connectivity index (χ2n) is 7.40. The van der Waals surface area contributed by atoms with Crippen molar-refractivity contribution in [2.45, 2.75) is 36.2 Å². The van der Waals surface area contributed by atoms with Crippen molar-refractivity contribution in [3.8, 4) is 5.69 Å². The SMILES string of the molecule is O=C(NC1CC1)c1csc(CSc2nnc(Cc3ccccc3)n2-c2ccccc2)n1. The van der Waals surface area contributed by atoms with Gasteiger partial charge in [-0.05, 0) is 30.5 Å². The number of amides is 1. The lowest BCUT2D eigenvalue weighted by Gasteiger charge is -2.10. The number of carbonyl (C=O) groups is 1. The van der Waals surface area contributed by atoms with E-state index in [9.17, 15) is 4.79 Å². The molecule has 0 unspecified atom stereocenters. The van der Waals surface area contributed by atoms with Crippen LogP contribution in [0.5, 0.6) is 0 Å². The summed E-state index contributed by atoms with van der Waals surface area (Å²) in [5, 5.41) is 15.5. The number of hydrogen-bond acceptors (Lipinski definition) is 6. The van der Waals surface area contributed by atoms with Crippen LogP contribution in [0.2, 0.25) is 0 Å². The minimum absolute atomic E-state index is 0.0763. The summed E-state index contributed by atoms with van der Waals surface area (Å²) in [4.78, 5) is 16.7.